The molecule has 2 aromatic rings. The van der Waals surface area contributed by atoms with Crippen molar-refractivity contribution in [2.75, 3.05) is 20.6 Å². The Kier molecular flexibility index (Phi) is 6.30. The summed E-state index contributed by atoms with van der Waals surface area (Å²) in [5, 5.41) is 10.1. The van der Waals surface area contributed by atoms with Gasteiger partial charge in [0.25, 0.3) is 0 Å². The normalized spacial score (nSPS) is 12.6. The highest BCUT2D eigenvalue weighted by Crippen LogP contribution is 2.29. The van der Waals surface area contributed by atoms with E-state index in [0.717, 1.165) is 23.0 Å². The lowest BCUT2D eigenvalue weighted by Gasteiger charge is -2.15. The molecule has 0 saturated carbocycles. The van der Waals surface area contributed by atoms with Crippen LogP contribution in [0.5, 0.6) is 0 Å². The van der Waals surface area contributed by atoms with Gasteiger partial charge in [-0.25, -0.2) is 0 Å². The van der Waals surface area contributed by atoms with E-state index >= 15 is 0 Å². The van der Waals surface area contributed by atoms with Crippen molar-refractivity contribution in [3.05, 3.63) is 58.6 Å². The summed E-state index contributed by atoms with van der Waals surface area (Å²) in [5.74, 6) is 0. The molecule has 0 bridgehead atoms. The fraction of sp³-hybridized carbons (Fsp3) is 0.294. The second-order valence-corrected chi connectivity index (χ2v) is 7.30. The first kappa shape index (κ1) is 16.6. The van der Waals surface area contributed by atoms with Crippen molar-refractivity contribution >= 4 is 27.7 Å². The number of hydrogen-bond donors (Lipinski definition) is 1. The molecule has 4 heteroatoms. The quantitative estimate of drug-likeness (QED) is 0.809. The zero-order valence-corrected chi connectivity index (χ0v) is 14.7. The molecule has 0 aliphatic heterocycles. The predicted molar refractivity (Wildman–Crippen MR) is 92.8 cm³/mol. The Morgan fingerprint density at radius 3 is 2.05 bits per heavy atom. The van der Waals surface area contributed by atoms with Crippen LogP contribution in [0.25, 0.3) is 0 Å². The van der Waals surface area contributed by atoms with Crippen LogP contribution in [-0.4, -0.2) is 30.6 Å². The van der Waals surface area contributed by atoms with Crippen molar-refractivity contribution in [2.45, 2.75) is 22.3 Å². The van der Waals surface area contributed by atoms with E-state index in [1.54, 1.807) is 11.8 Å². The summed E-state index contributed by atoms with van der Waals surface area (Å²) in [6, 6.07) is 16.4. The van der Waals surface area contributed by atoms with Gasteiger partial charge in [0, 0.05) is 20.8 Å². The summed E-state index contributed by atoms with van der Waals surface area (Å²) in [6.45, 7) is 0.885. The Morgan fingerprint density at radius 2 is 1.52 bits per heavy atom. The lowest BCUT2D eigenvalue weighted by Crippen LogP contribution is -2.15. The van der Waals surface area contributed by atoms with Gasteiger partial charge in [-0.3, -0.25) is 0 Å². The van der Waals surface area contributed by atoms with Crippen molar-refractivity contribution in [3.63, 3.8) is 0 Å². The van der Waals surface area contributed by atoms with Gasteiger partial charge >= 0.3 is 0 Å². The van der Waals surface area contributed by atoms with E-state index in [2.05, 4.69) is 45.1 Å². The molecule has 2 aromatic carbocycles. The molecule has 0 aliphatic rings. The standard InChI is InChI=1S/C17H20BrNOS/c1-19(2)12-11-17(20)13-3-7-15(8-4-13)21-16-9-5-14(18)6-10-16/h3-10,17,20H,11-12H2,1-2H3. The molecule has 2 rings (SSSR count). The number of aliphatic hydroxyl groups excluding tert-OH is 1. The molecule has 0 radical (unpaired) electrons. The van der Waals surface area contributed by atoms with Gasteiger partial charge in [0.05, 0.1) is 6.10 Å². The van der Waals surface area contributed by atoms with Gasteiger partial charge in [0.15, 0.2) is 0 Å². The first-order valence-electron chi connectivity index (χ1n) is 6.91. The van der Waals surface area contributed by atoms with E-state index in [4.69, 9.17) is 0 Å². The van der Waals surface area contributed by atoms with Crippen molar-refractivity contribution in [2.24, 2.45) is 0 Å². The molecule has 1 atom stereocenters. The molecule has 0 fully saturated rings. The molecule has 0 amide bonds. The highest BCUT2D eigenvalue weighted by Gasteiger charge is 2.08. The monoisotopic (exact) mass is 365 g/mol. The van der Waals surface area contributed by atoms with E-state index in [9.17, 15) is 5.11 Å². The maximum absolute atomic E-state index is 10.1. The molecule has 0 saturated heterocycles. The van der Waals surface area contributed by atoms with Crippen LogP contribution in [0.15, 0.2) is 62.8 Å². The van der Waals surface area contributed by atoms with Crippen LogP contribution < -0.4 is 0 Å². The first-order valence-corrected chi connectivity index (χ1v) is 8.52. The maximum atomic E-state index is 10.1. The summed E-state index contributed by atoms with van der Waals surface area (Å²) >= 11 is 5.16. The van der Waals surface area contributed by atoms with Crippen molar-refractivity contribution in [3.8, 4) is 0 Å². The third-order valence-corrected chi connectivity index (χ3v) is 4.71. The number of aliphatic hydroxyl groups is 1. The van der Waals surface area contributed by atoms with Gasteiger partial charge in [0.2, 0.25) is 0 Å². The van der Waals surface area contributed by atoms with Crippen LogP contribution in [0.3, 0.4) is 0 Å². The fourth-order valence-electron chi connectivity index (χ4n) is 1.94. The van der Waals surface area contributed by atoms with Crippen LogP contribution in [0.4, 0.5) is 0 Å². The Morgan fingerprint density at radius 1 is 1.00 bits per heavy atom. The van der Waals surface area contributed by atoms with Crippen LogP contribution in [0.2, 0.25) is 0 Å². The van der Waals surface area contributed by atoms with E-state index < -0.39 is 0 Å². The lowest BCUT2D eigenvalue weighted by molar-refractivity contribution is 0.154. The number of rotatable bonds is 6. The van der Waals surface area contributed by atoms with Crippen LogP contribution >= 0.6 is 27.7 Å². The van der Waals surface area contributed by atoms with Crippen molar-refractivity contribution in [1.82, 2.24) is 4.90 Å². The van der Waals surface area contributed by atoms with Gasteiger partial charge in [-0.15, -0.1) is 0 Å². The third-order valence-electron chi connectivity index (χ3n) is 3.16. The summed E-state index contributed by atoms with van der Waals surface area (Å²) in [4.78, 5) is 4.47. The Labute approximate surface area is 139 Å². The molecule has 112 valence electrons. The average molecular weight is 366 g/mol. The summed E-state index contributed by atoms with van der Waals surface area (Å²) < 4.78 is 1.09. The topological polar surface area (TPSA) is 23.5 Å². The van der Waals surface area contributed by atoms with E-state index in [-0.39, 0.29) is 6.10 Å². The Bertz CT molecular complexity index is 554. The molecule has 0 heterocycles. The second-order valence-electron chi connectivity index (χ2n) is 5.23. The zero-order valence-electron chi connectivity index (χ0n) is 12.3. The van der Waals surface area contributed by atoms with Crippen LogP contribution in [-0.2, 0) is 0 Å². The van der Waals surface area contributed by atoms with Gasteiger partial charge in [-0.1, -0.05) is 39.8 Å². The molecule has 1 N–H and O–H groups in total. The molecule has 1 unspecified atom stereocenters. The number of halogens is 1. The van der Waals surface area contributed by atoms with Gasteiger partial charge in [0.1, 0.15) is 0 Å². The minimum absolute atomic E-state index is 0.390. The molecule has 21 heavy (non-hydrogen) atoms. The molecular formula is C17H20BrNOS. The number of nitrogens with zero attached hydrogens (tertiary/aromatic N) is 1. The van der Waals surface area contributed by atoms with Crippen LogP contribution in [0.1, 0.15) is 18.1 Å². The average Bonchev–Trinajstić information content (AvgIpc) is 2.48. The molecule has 2 nitrogen and oxygen atoms in total. The summed E-state index contributed by atoms with van der Waals surface area (Å²) in [7, 11) is 4.04. The molecular weight excluding hydrogens is 346 g/mol. The van der Waals surface area contributed by atoms with Crippen LogP contribution in [0, 0.1) is 0 Å². The summed E-state index contributed by atoms with van der Waals surface area (Å²) in [6.07, 6.45) is 0.366. The third kappa shape index (κ3) is 5.47. The maximum Gasteiger partial charge on any atom is 0.0802 e. The second kappa shape index (κ2) is 7.99. The highest BCUT2D eigenvalue weighted by molar-refractivity contribution is 9.10. The van der Waals surface area contributed by atoms with E-state index in [1.165, 1.54) is 9.79 Å². The zero-order chi connectivity index (χ0) is 15.2. The molecule has 0 aromatic heterocycles. The number of hydrogen-bond acceptors (Lipinski definition) is 3. The number of benzene rings is 2. The molecule has 0 spiro atoms. The van der Waals surface area contributed by atoms with Crippen molar-refractivity contribution < 1.29 is 5.11 Å². The minimum Gasteiger partial charge on any atom is -0.388 e. The minimum atomic E-state index is -0.390. The van der Waals surface area contributed by atoms with E-state index in [1.807, 2.05) is 38.4 Å². The van der Waals surface area contributed by atoms with Gasteiger partial charge in [-0.2, -0.15) is 0 Å². The lowest BCUT2D eigenvalue weighted by atomic mass is 10.1. The van der Waals surface area contributed by atoms with Crippen molar-refractivity contribution in [1.29, 1.82) is 0 Å². The summed E-state index contributed by atoms with van der Waals surface area (Å²) in [5.41, 5.74) is 0.983. The first-order chi connectivity index (χ1) is 10.0. The molecule has 0 aliphatic carbocycles. The van der Waals surface area contributed by atoms with Gasteiger partial charge < -0.3 is 10.0 Å². The Balaban J connectivity index is 1.96. The largest absolute Gasteiger partial charge is 0.388 e. The smallest absolute Gasteiger partial charge is 0.0802 e. The SMILES string of the molecule is CN(C)CCC(O)c1ccc(Sc2ccc(Br)cc2)cc1. The predicted octanol–water partition coefficient (Wildman–Crippen LogP) is 4.59. The fourth-order valence-corrected chi connectivity index (χ4v) is 3.02. The van der Waals surface area contributed by atoms with Gasteiger partial charge in [-0.05, 0) is 62.5 Å². The highest BCUT2D eigenvalue weighted by atomic mass is 79.9. The van der Waals surface area contributed by atoms with E-state index in [0.29, 0.717) is 0 Å². The Hall–Kier alpha value is -0.810.